The van der Waals surface area contributed by atoms with E-state index in [4.69, 9.17) is 9.90 Å². The second-order valence-corrected chi connectivity index (χ2v) is 12.2. The van der Waals surface area contributed by atoms with E-state index in [2.05, 4.69) is 34.6 Å². The van der Waals surface area contributed by atoms with Gasteiger partial charge >= 0.3 is 12.1 Å². The van der Waals surface area contributed by atoms with Crippen LogP contribution >= 0.6 is 11.3 Å². The fourth-order valence-corrected chi connectivity index (χ4v) is 6.61. The normalized spacial score (nSPS) is 13.4. The zero-order chi connectivity index (χ0) is 30.2. The number of benzene rings is 2. The average Bonchev–Trinajstić information content (AvgIpc) is 3.62. The first-order chi connectivity index (χ1) is 19.3. The van der Waals surface area contributed by atoms with E-state index in [1.807, 2.05) is 24.3 Å². The fourth-order valence-electron chi connectivity index (χ4n) is 3.93. The highest BCUT2D eigenvalue weighted by Gasteiger charge is 2.38. The molecule has 2 aromatic carbocycles. The van der Waals surface area contributed by atoms with Gasteiger partial charge in [-0.3, -0.25) is 9.79 Å². The number of nitrogens with zero attached hydrogens (tertiary/aromatic N) is 3. The van der Waals surface area contributed by atoms with E-state index in [9.17, 15) is 26.4 Å². The van der Waals surface area contributed by atoms with E-state index in [-0.39, 0.29) is 5.91 Å². The number of carboxylic acids is 1. The smallest absolute Gasteiger partial charge is 0.475 e. The van der Waals surface area contributed by atoms with Gasteiger partial charge in [-0.1, -0.05) is 42.5 Å². The van der Waals surface area contributed by atoms with E-state index in [1.165, 1.54) is 15.6 Å². The van der Waals surface area contributed by atoms with Gasteiger partial charge < -0.3 is 15.3 Å². The van der Waals surface area contributed by atoms with Crippen LogP contribution in [0.25, 0.3) is 10.1 Å². The molecule has 1 amide bonds. The number of likely N-dealkylation sites (N-methyl/N-ethyl adjacent to an activating group) is 1. The van der Waals surface area contributed by atoms with Crippen LogP contribution in [-0.2, 0) is 26.0 Å². The van der Waals surface area contributed by atoms with Crippen LogP contribution in [-0.4, -0.2) is 86.9 Å². The van der Waals surface area contributed by atoms with Gasteiger partial charge in [0.05, 0.1) is 6.54 Å². The molecule has 1 aromatic heterocycles. The molecule has 1 aliphatic heterocycles. The topological polar surface area (TPSA) is 119 Å². The Hall–Kier alpha value is -3.49. The summed E-state index contributed by atoms with van der Waals surface area (Å²) in [4.78, 5) is 27.9. The van der Waals surface area contributed by atoms with Gasteiger partial charge in [-0.2, -0.15) is 13.2 Å². The zero-order valence-corrected chi connectivity index (χ0v) is 24.2. The molecule has 1 aliphatic rings. The quantitative estimate of drug-likeness (QED) is 0.358. The number of thiophene rings is 1. The van der Waals surface area contributed by atoms with Crippen LogP contribution in [0.15, 0.2) is 63.8 Å². The molecule has 3 aromatic rings. The summed E-state index contributed by atoms with van der Waals surface area (Å²) in [5.41, 5.74) is 2.25. The number of alkyl halides is 3. The van der Waals surface area contributed by atoms with Crippen molar-refractivity contribution in [1.29, 1.82) is 0 Å². The minimum atomic E-state index is -5.08. The lowest BCUT2D eigenvalue weighted by molar-refractivity contribution is -0.192. The number of carboxylic acid groups (broad SMARTS) is 1. The molecule has 0 spiro atoms. The van der Waals surface area contributed by atoms with Crippen molar-refractivity contribution in [1.82, 2.24) is 14.5 Å². The SMILES string of the molecule is CN(CCc1ccc(C2=NCCN2)cc1)C(=O)CCCN(C)S(=O)(=O)c1csc2ccccc12.O=C(O)C(F)(F)F. The number of aliphatic imine (C=N–C) groups is 1. The minimum Gasteiger partial charge on any atom is -0.475 e. The van der Waals surface area contributed by atoms with E-state index >= 15 is 0 Å². The number of amides is 1. The molecule has 0 aliphatic carbocycles. The molecule has 0 saturated heterocycles. The standard InChI is InChI=1S/C25H30N4O3S2.C2HF3O2/c1-28(17-13-19-9-11-20(12-10-19)25-26-14-15-27-25)24(30)8-5-16-29(2)34(31,32)23-18-33-22-7-4-3-6-21(22)23;3-2(4,5)1(6)7/h3-4,6-7,9-12,18H,5,8,13-17H2,1-2H3,(H,26,27);(H,6,7). The van der Waals surface area contributed by atoms with Crippen molar-refractivity contribution in [3.8, 4) is 0 Å². The van der Waals surface area contributed by atoms with Crippen molar-refractivity contribution in [3.63, 3.8) is 0 Å². The number of sulfonamides is 1. The predicted molar refractivity (Wildman–Crippen MR) is 152 cm³/mol. The van der Waals surface area contributed by atoms with Gasteiger partial charge in [-0.15, -0.1) is 11.3 Å². The Balaban J connectivity index is 0.000000587. The third-order valence-corrected chi connectivity index (χ3v) is 9.31. The van der Waals surface area contributed by atoms with Crippen LogP contribution in [0.4, 0.5) is 13.2 Å². The second kappa shape index (κ2) is 13.9. The Morgan fingerprint density at radius 2 is 1.73 bits per heavy atom. The number of halogens is 3. The maximum Gasteiger partial charge on any atom is 0.490 e. The van der Waals surface area contributed by atoms with Crippen LogP contribution in [0.1, 0.15) is 24.0 Å². The lowest BCUT2D eigenvalue weighted by Gasteiger charge is -2.19. The van der Waals surface area contributed by atoms with Crippen LogP contribution in [0.3, 0.4) is 0 Å². The second-order valence-electron chi connectivity index (χ2n) is 9.25. The van der Waals surface area contributed by atoms with Crippen LogP contribution in [0.2, 0.25) is 0 Å². The van der Waals surface area contributed by atoms with Crippen LogP contribution < -0.4 is 5.32 Å². The first-order valence-corrected chi connectivity index (χ1v) is 15.0. The molecule has 2 N–H and O–H groups in total. The van der Waals surface area contributed by atoms with E-state index < -0.39 is 22.2 Å². The Bertz CT molecular complexity index is 1490. The molecular formula is C27H31F3N4O5S2. The summed E-state index contributed by atoms with van der Waals surface area (Å²) in [7, 11) is -0.217. The molecule has 0 radical (unpaired) electrons. The molecule has 41 heavy (non-hydrogen) atoms. The van der Waals surface area contributed by atoms with Gasteiger partial charge in [-0.25, -0.2) is 17.5 Å². The highest BCUT2D eigenvalue weighted by molar-refractivity contribution is 7.89. The van der Waals surface area contributed by atoms with Gasteiger partial charge in [0.2, 0.25) is 15.9 Å². The number of fused-ring (bicyclic) bond motifs is 1. The predicted octanol–water partition coefficient (Wildman–Crippen LogP) is 3.99. The molecule has 9 nitrogen and oxygen atoms in total. The highest BCUT2D eigenvalue weighted by Crippen LogP contribution is 2.30. The number of carbonyl (C=O) groups is 2. The van der Waals surface area contributed by atoms with Gasteiger partial charge in [-0.05, 0) is 24.5 Å². The lowest BCUT2D eigenvalue weighted by Crippen LogP contribution is -2.31. The monoisotopic (exact) mass is 612 g/mol. The molecule has 14 heteroatoms. The third kappa shape index (κ3) is 8.75. The van der Waals surface area contributed by atoms with Crippen LogP contribution in [0.5, 0.6) is 0 Å². The molecule has 0 unspecified atom stereocenters. The fraction of sp³-hybridized carbons (Fsp3) is 0.370. The van der Waals surface area contributed by atoms with Crippen molar-refractivity contribution in [3.05, 3.63) is 65.0 Å². The van der Waals surface area contributed by atoms with Crippen molar-refractivity contribution >= 4 is 49.2 Å². The largest absolute Gasteiger partial charge is 0.490 e. The van der Waals surface area contributed by atoms with Crippen molar-refractivity contribution in [2.24, 2.45) is 4.99 Å². The number of hydrogen-bond acceptors (Lipinski definition) is 7. The number of hydrogen-bond donors (Lipinski definition) is 2. The van der Waals surface area contributed by atoms with E-state index in [0.29, 0.717) is 30.8 Å². The summed E-state index contributed by atoms with van der Waals surface area (Å²) >= 11 is 1.43. The molecule has 0 atom stereocenters. The van der Waals surface area contributed by atoms with E-state index in [1.54, 1.807) is 24.4 Å². The Morgan fingerprint density at radius 1 is 1.07 bits per heavy atom. The molecule has 2 heterocycles. The zero-order valence-electron chi connectivity index (χ0n) is 22.5. The first kappa shape index (κ1) is 32.0. The van der Waals surface area contributed by atoms with Crippen molar-refractivity contribution in [2.75, 3.05) is 40.3 Å². The van der Waals surface area contributed by atoms with E-state index in [0.717, 1.165) is 46.6 Å². The maximum absolute atomic E-state index is 13.0. The molecular weight excluding hydrogens is 581 g/mol. The number of rotatable bonds is 10. The lowest BCUT2D eigenvalue weighted by atomic mass is 10.1. The van der Waals surface area contributed by atoms with Crippen molar-refractivity contribution in [2.45, 2.75) is 30.3 Å². The molecule has 0 bridgehead atoms. The number of nitrogens with one attached hydrogen (secondary N) is 1. The van der Waals surface area contributed by atoms with Gasteiger partial charge in [0.25, 0.3) is 0 Å². The number of aliphatic carboxylic acids is 1. The molecule has 0 saturated carbocycles. The molecule has 0 fully saturated rings. The number of carbonyl (C=O) groups excluding carboxylic acids is 1. The Morgan fingerprint density at radius 3 is 2.34 bits per heavy atom. The summed E-state index contributed by atoms with van der Waals surface area (Å²) in [5.74, 6) is -1.79. The summed E-state index contributed by atoms with van der Waals surface area (Å²) in [6.07, 6.45) is -3.53. The Kier molecular flexibility index (Phi) is 10.9. The average molecular weight is 613 g/mol. The third-order valence-electron chi connectivity index (χ3n) is 6.30. The Labute approximate surface area is 240 Å². The van der Waals surface area contributed by atoms with Crippen LogP contribution in [0, 0.1) is 0 Å². The summed E-state index contributed by atoms with van der Waals surface area (Å²) in [6, 6.07) is 15.8. The first-order valence-electron chi connectivity index (χ1n) is 12.6. The molecule has 222 valence electrons. The summed E-state index contributed by atoms with van der Waals surface area (Å²) in [6.45, 7) is 2.62. The molecule has 4 rings (SSSR count). The van der Waals surface area contributed by atoms with Gasteiger partial charge in [0, 0.05) is 61.2 Å². The maximum atomic E-state index is 13.0. The summed E-state index contributed by atoms with van der Waals surface area (Å²) in [5, 5.41) is 12.8. The van der Waals surface area contributed by atoms with Gasteiger partial charge in [0.15, 0.2) is 0 Å². The highest BCUT2D eigenvalue weighted by atomic mass is 32.2. The van der Waals surface area contributed by atoms with Crippen molar-refractivity contribution < 1.29 is 36.3 Å². The number of amidine groups is 1. The minimum absolute atomic E-state index is 0.0212. The summed E-state index contributed by atoms with van der Waals surface area (Å²) < 4.78 is 60.1. The van der Waals surface area contributed by atoms with Gasteiger partial charge in [0.1, 0.15) is 10.7 Å².